The second-order valence-corrected chi connectivity index (χ2v) is 5.34. The lowest BCUT2D eigenvalue weighted by molar-refractivity contribution is -0.0636. The average Bonchev–Trinajstić information content (AvgIpc) is 2.38. The van der Waals surface area contributed by atoms with Gasteiger partial charge in [-0.3, -0.25) is 0 Å². The van der Waals surface area contributed by atoms with Gasteiger partial charge in [-0.25, -0.2) is 0 Å². The Morgan fingerprint density at radius 2 is 2.00 bits per heavy atom. The second kappa shape index (κ2) is 5.81. The summed E-state index contributed by atoms with van der Waals surface area (Å²) in [6, 6.07) is 2.65. The summed E-state index contributed by atoms with van der Waals surface area (Å²) in [5.74, 6) is 0.118. The predicted octanol–water partition coefficient (Wildman–Crippen LogP) is 1.20. The minimum Gasteiger partial charge on any atom is -0.388 e. The number of nitrogens with zero attached hydrogens (tertiary/aromatic N) is 1. The third-order valence-electron chi connectivity index (χ3n) is 4.05. The molecule has 2 aliphatic rings. The maximum atomic E-state index is 10.3. The Morgan fingerprint density at radius 3 is 2.71 bits per heavy atom. The molecule has 0 aromatic heterocycles. The molecule has 1 saturated heterocycles. The quantitative estimate of drug-likeness (QED) is 0.775. The first kappa shape index (κ1) is 12.8. The standard InChI is InChI=1S/C13H22N2O2/c14-9-11-3-1-2-4-12(11)15-10-13(16)5-7-17-8-6-13/h11-12,15-16H,1-8,10H2. The summed E-state index contributed by atoms with van der Waals surface area (Å²) in [6.45, 7) is 1.88. The molecule has 1 aliphatic carbocycles. The zero-order valence-electron chi connectivity index (χ0n) is 10.3. The molecule has 2 atom stereocenters. The van der Waals surface area contributed by atoms with Gasteiger partial charge < -0.3 is 15.2 Å². The van der Waals surface area contributed by atoms with Crippen LogP contribution in [0.2, 0.25) is 0 Å². The number of rotatable bonds is 3. The first-order chi connectivity index (χ1) is 8.23. The first-order valence-electron chi connectivity index (χ1n) is 6.67. The van der Waals surface area contributed by atoms with Crippen LogP contribution in [0.25, 0.3) is 0 Å². The van der Waals surface area contributed by atoms with Gasteiger partial charge in [0.25, 0.3) is 0 Å². The molecule has 1 aliphatic heterocycles. The van der Waals surface area contributed by atoms with Crippen LogP contribution >= 0.6 is 0 Å². The molecule has 0 bridgehead atoms. The maximum absolute atomic E-state index is 10.3. The summed E-state index contributed by atoms with van der Waals surface area (Å²) in [4.78, 5) is 0. The van der Waals surface area contributed by atoms with E-state index in [1.165, 1.54) is 6.42 Å². The Balaban J connectivity index is 1.81. The van der Waals surface area contributed by atoms with Crippen LogP contribution in [0.3, 0.4) is 0 Å². The van der Waals surface area contributed by atoms with Crippen molar-refractivity contribution < 1.29 is 9.84 Å². The third kappa shape index (κ3) is 3.41. The van der Waals surface area contributed by atoms with E-state index in [0.29, 0.717) is 32.6 Å². The lowest BCUT2D eigenvalue weighted by Crippen LogP contribution is -2.50. The fraction of sp³-hybridized carbons (Fsp3) is 0.923. The van der Waals surface area contributed by atoms with Crippen molar-refractivity contribution in [1.29, 1.82) is 5.26 Å². The molecule has 0 aromatic carbocycles. The Morgan fingerprint density at radius 1 is 1.29 bits per heavy atom. The van der Waals surface area contributed by atoms with Crippen LogP contribution in [0.4, 0.5) is 0 Å². The fourth-order valence-electron chi connectivity index (χ4n) is 2.78. The van der Waals surface area contributed by atoms with Gasteiger partial charge in [-0.2, -0.15) is 5.26 Å². The van der Waals surface area contributed by atoms with Crippen molar-refractivity contribution in [2.24, 2.45) is 5.92 Å². The Bertz CT molecular complexity index is 282. The van der Waals surface area contributed by atoms with Crippen LogP contribution in [0.5, 0.6) is 0 Å². The Kier molecular flexibility index (Phi) is 4.38. The van der Waals surface area contributed by atoms with Gasteiger partial charge in [-0.05, 0) is 12.8 Å². The Labute approximate surface area is 103 Å². The zero-order valence-corrected chi connectivity index (χ0v) is 10.3. The largest absolute Gasteiger partial charge is 0.388 e. The Hall–Kier alpha value is -0.630. The number of hydrogen-bond acceptors (Lipinski definition) is 4. The summed E-state index contributed by atoms with van der Waals surface area (Å²) >= 11 is 0. The van der Waals surface area contributed by atoms with E-state index < -0.39 is 5.60 Å². The number of ether oxygens (including phenoxy) is 1. The number of nitriles is 1. The van der Waals surface area contributed by atoms with Crippen LogP contribution < -0.4 is 5.32 Å². The number of hydrogen-bond donors (Lipinski definition) is 2. The average molecular weight is 238 g/mol. The van der Waals surface area contributed by atoms with E-state index in [2.05, 4.69) is 11.4 Å². The summed E-state index contributed by atoms with van der Waals surface area (Å²) in [5, 5.41) is 22.8. The molecule has 1 saturated carbocycles. The normalized spacial score (nSPS) is 32.9. The maximum Gasteiger partial charge on any atom is 0.0815 e. The third-order valence-corrected chi connectivity index (χ3v) is 4.05. The highest BCUT2D eigenvalue weighted by molar-refractivity contribution is 4.96. The molecule has 0 aromatic rings. The number of nitrogens with one attached hydrogen (secondary N) is 1. The van der Waals surface area contributed by atoms with Gasteiger partial charge in [0.15, 0.2) is 0 Å². The van der Waals surface area contributed by atoms with Crippen molar-refractivity contribution in [3.63, 3.8) is 0 Å². The summed E-state index contributed by atoms with van der Waals surface area (Å²) in [5.41, 5.74) is -0.629. The lowest BCUT2D eigenvalue weighted by atomic mass is 9.84. The lowest BCUT2D eigenvalue weighted by Gasteiger charge is -2.35. The second-order valence-electron chi connectivity index (χ2n) is 5.34. The molecule has 2 N–H and O–H groups in total. The highest BCUT2D eigenvalue weighted by Crippen LogP contribution is 2.25. The van der Waals surface area contributed by atoms with Crippen molar-refractivity contribution >= 4 is 0 Å². The monoisotopic (exact) mass is 238 g/mol. The molecule has 4 nitrogen and oxygen atoms in total. The van der Waals surface area contributed by atoms with Crippen molar-refractivity contribution in [2.75, 3.05) is 19.8 Å². The minimum absolute atomic E-state index is 0.118. The topological polar surface area (TPSA) is 65.3 Å². The molecule has 96 valence electrons. The smallest absolute Gasteiger partial charge is 0.0815 e. The van der Waals surface area contributed by atoms with E-state index in [0.717, 1.165) is 19.3 Å². The first-order valence-corrected chi connectivity index (χ1v) is 6.67. The van der Waals surface area contributed by atoms with E-state index in [9.17, 15) is 5.11 Å². The molecule has 2 rings (SSSR count). The van der Waals surface area contributed by atoms with Gasteiger partial charge in [0.05, 0.1) is 17.6 Å². The van der Waals surface area contributed by atoms with Gasteiger partial charge in [0.1, 0.15) is 0 Å². The van der Waals surface area contributed by atoms with Gasteiger partial charge in [0.2, 0.25) is 0 Å². The predicted molar refractivity (Wildman–Crippen MR) is 64.4 cm³/mol. The molecular formula is C13H22N2O2. The summed E-state index contributed by atoms with van der Waals surface area (Å²) in [6.07, 6.45) is 5.81. The number of aliphatic hydroxyl groups is 1. The van der Waals surface area contributed by atoms with Crippen LogP contribution in [0.15, 0.2) is 0 Å². The van der Waals surface area contributed by atoms with E-state index in [1.807, 2.05) is 0 Å². The van der Waals surface area contributed by atoms with Crippen LogP contribution in [0.1, 0.15) is 38.5 Å². The van der Waals surface area contributed by atoms with E-state index in [4.69, 9.17) is 10.00 Å². The van der Waals surface area contributed by atoms with Gasteiger partial charge in [-0.15, -0.1) is 0 Å². The van der Waals surface area contributed by atoms with E-state index >= 15 is 0 Å². The summed E-state index contributed by atoms with van der Waals surface area (Å²) in [7, 11) is 0. The highest BCUT2D eigenvalue weighted by Gasteiger charge is 2.32. The van der Waals surface area contributed by atoms with Crippen molar-refractivity contribution in [3.8, 4) is 6.07 Å². The molecule has 1 heterocycles. The fourth-order valence-corrected chi connectivity index (χ4v) is 2.78. The minimum atomic E-state index is -0.629. The van der Waals surface area contributed by atoms with Gasteiger partial charge >= 0.3 is 0 Å². The molecule has 0 amide bonds. The summed E-state index contributed by atoms with van der Waals surface area (Å²) < 4.78 is 5.26. The molecule has 17 heavy (non-hydrogen) atoms. The SMILES string of the molecule is N#CC1CCCCC1NCC1(O)CCOCC1. The molecule has 2 fully saturated rings. The molecule has 4 heteroatoms. The molecule has 0 spiro atoms. The van der Waals surface area contributed by atoms with Crippen LogP contribution in [-0.2, 0) is 4.74 Å². The van der Waals surface area contributed by atoms with Gasteiger partial charge in [0, 0.05) is 38.6 Å². The van der Waals surface area contributed by atoms with Crippen molar-refractivity contribution in [2.45, 2.75) is 50.2 Å². The molecule has 0 radical (unpaired) electrons. The highest BCUT2D eigenvalue weighted by atomic mass is 16.5. The van der Waals surface area contributed by atoms with Crippen molar-refractivity contribution in [1.82, 2.24) is 5.32 Å². The van der Waals surface area contributed by atoms with Crippen LogP contribution in [-0.4, -0.2) is 36.5 Å². The van der Waals surface area contributed by atoms with Gasteiger partial charge in [-0.1, -0.05) is 12.8 Å². The van der Waals surface area contributed by atoms with E-state index in [-0.39, 0.29) is 12.0 Å². The zero-order chi connectivity index (χ0) is 12.1. The molecule has 2 unspecified atom stereocenters. The van der Waals surface area contributed by atoms with Crippen LogP contribution in [0, 0.1) is 17.2 Å². The van der Waals surface area contributed by atoms with E-state index in [1.54, 1.807) is 0 Å². The van der Waals surface area contributed by atoms with Crippen molar-refractivity contribution in [3.05, 3.63) is 0 Å². The molecular weight excluding hydrogens is 216 g/mol.